The quantitative estimate of drug-likeness (QED) is 0.501. The molecule has 3 aromatic rings. The van der Waals surface area contributed by atoms with E-state index in [2.05, 4.69) is 22.2 Å². The van der Waals surface area contributed by atoms with E-state index in [1.807, 2.05) is 36.4 Å². The van der Waals surface area contributed by atoms with E-state index >= 15 is 0 Å². The van der Waals surface area contributed by atoms with Gasteiger partial charge in [0.1, 0.15) is 0 Å². The van der Waals surface area contributed by atoms with Crippen molar-refractivity contribution in [3.05, 3.63) is 81.8 Å². The molecule has 0 unspecified atom stereocenters. The molecule has 8 heteroatoms. The fourth-order valence-electron chi connectivity index (χ4n) is 4.02. The van der Waals surface area contributed by atoms with Gasteiger partial charge in [-0.3, -0.25) is 9.59 Å². The van der Waals surface area contributed by atoms with Crippen LogP contribution in [0.15, 0.2) is 60.7 Å². The zero-order chi connectivity index (χ0) is 25.1. The highest BCUT2D eigenvalue weighted by Gasteiger charge is 2.19. The number of nitrogens with one attached hydrogen (secondary N) is 1. The molecule has 35 heavy (non-hydrogen) atoms. The lowest BCUT2D eigenvalue weighted by Gasteiger charge is -2.34. The lowest BCUT2D eigenvalue weighted by molar-refractivity contribution is 0.0827. The molecule has 1 heterocycles. The topological polar surface area (TPSA) is 55.9 Å². The molecule has 3 aromatic carbocycles. The van der Waals surface area contributed by atoms with Crippen molar-refractivity contribution in [2.24, 2.45) is 0 Å². The Morgan fingerprint density at radius 1 is 0.829 bits per heavy atom. The molecule has 2 amide bonds. The van der Waals surface area contributed by atoms with Crippen LogP contribution < -0.4 is 10.2 Å². The highest BCUT2D eigenvalue weighted by Crippen LogP contribution is 2.31. The van der Waals surface area contributed by atoms with Gasteiger partial charge in [-0.1, -0.05) is 41.4 Å². The molecule has 0 radical (unpaired) electrons. The Kier molecular flexibility index (Phi) is 7.65. The molecular formula is C27H28Cl2N4O2. The van der Waals surface area contributed by atoms with Crippen molar-refractivity contribution in [1.82, 2.24) is 9.80 Å². The van der Waals surface area contributed by atoms with Crippen molar-refractivity contribution in [1.29, 1.82) is 0 Å². The van der Waals surface area contributed by atoms with E-state index in [1.165, 1.54) is 4.90 Å². The average Bonchev–Trinajstić information content (AvgIpc) is 2.85. The monoisotopic (exact) mass is 510 g/mol. The Hall–Kier alpha value is -3.06. The number of anilines is 2. The number of nitrogens with zero attached hydrogens (tertiary/aromatic N) is 3. The number of amides is 2. The number of carbonyl (C=O) groups is 2. The Balaban J connectivity index is 1.47. The third-order valence-electron chi connectivity index (χ3n) is 6.13. The zero-order valence-electron chi connectivity index (χ0n) is 20.0. The van der Waals surface area contributed by atoms with E-state index < -0.39 is 0 Å². The minimum Gasteiger partial charge on any atom is -0.368 e. The van der Waals surface area contributed by atoms with E-state index in [-0.39, 0.29) is 11.8 Å². The molecule has 0 aromatic heterocycles. The van der Waals surface area contributed by atoms with Crippen molar-refractivity contribution < 1.29 is 9.59 Å². The van der Waals surface area contributed by atoms with Crippen LogP contribution in [0.4, 0.5) is 11.4 Å². The summed E-state index contributed by atoms with van der Waals surface area (Å²) in [4.78, 5) is 31.1. The maximum Gasteiger partial charge on any atom is 0.255 e. The average molecular weight is 511 g/mol. The number of benzene rings is 3. The molecule has 1 saturated heterocycles. The Morgan fingerprint density at radius 2 is 1.49 bits per heavy atom. The lowest BCUT2D eigenvalue weighted by Crippen LogP contribution is -2.44. The van der Waals surface area contributed by atoms with Crippen LogP contribution in [0.25, 0.3) is 11.1 Å². The molecule has 0 aliphatic carbocycles. The maximum absolute atomic E-state index is 12.9. The van der Waals surface area contributed by atoms with Gasteiger partial charge in [-0.15, -0.1) is 0 Å². The lowest BCUT2D eigenvalue weighted by atomic mass is 10.0. The molecule has 0 spiro atoms. The van der Waals surface area contributed by atoms with Gasteiger partial charge in [-0.2, -0.15) is 0 Å². The Bertz CT molecular complexity index is 1240. The molecule has 0 saturated carbocycles. The first-order valence-electron chi connectivity index (χ1n) is 11.4. The third-order valence-corrected chi connectivity index (χ3v) is 6.76. The maximum atomic E-state index is 12.9. The van der Waals surface area contributed by atoms with Crippen molar-refractivity contribution in [2.45, 2.75) is 0 Å². The number of hydrogen-bond donors (Lipinski definition) is 1. The zero-order valence-corrected chi connectivity index (χ0v) is 21.5. The summed E-state index contributed by atoms with van der Waals surface area (Å²) in [5.41, 5.74) is 4.34. The van der Waals surface area contributed by atoms with Crippen LogP contribution in [0.2, 0.25) is 10.0 Å². The molecule has 1 N–H and O–H groups in total. The molecular weight excluding hydrogens is 483 g/mol. The molecule has 0 bridgehead atoms. The number of likely N-dealkylation sites (N-methyl/N-ethyl adjacent to an activating group) is 1. The van der Waals surface area contributed by atoms with Crippen LogP contribution in [0, 0.1) is 0 Å². The number of halogens is 2. The summed E-state index contributed by atoms with van der Waals surface area (Å²) in [7, 11) is 5.51. The third kappa shape index (κ3) is 5.78. The van der Waals surface area contributed by atoms with Gasteiger partial charge >= 0.3 is 0 Å². The van der Waals surface area contributed by atoms with Gasteiger partial charge in [-0.05, 0) is 55.1 Å². The molecule has 1 aliphatic heterocycles. The molecule has 6 nitrogen and oxygen atoms in total. The summed E-state index contributed by atoms with van der Waals surface area (Å²) < 4.78 is 0. The highest BCUT2D eigenvalue weighted by atomic mass is 35.5. The van der Waals surface area contributed by atoms with Gasteiger partial charge in [0.05, 0.1) is 10.7 Å². The second kappa shape index (κ2) is 10.7. The van der Waals surface area contributed by atoms with Crippen LogP contribution in [0.5, 0.6) is 0 Å². The standard InChI is InChI=1S/C27H28Cl2N4O2/c1-31(2)27(35)20-6-10-22(24(29)16-20)18-4-8-21(9-5-18)30-26(34)19-7-11-23(28)25(17-19)33-14-12-32(3)13-15-33/h4-11,16-17H,12-15H2,1-3H3,(H,30,34). The van der Waals surface area contributed by atoms with E-state index in [9.17, 15) is 9.59 Å². The first-order valence-corrected chi connectivity index (χ1v) is 12.1. The molecule has 0 atom stereocenters. The van der Waals surface area contributed by atoms with E-state index in [0.717, 1.165) is 43.0 Å². The van der Waals surface area contributed by atoms with Crippen molar-refractivity contribution in [3.8, 4) is 11.1 Å². The number of hydrogen-bond acceptors (Lipinski definition) is 4. The smallest absolute Gasteiger partial charge is 0.255 e. The predicted octanol–water partition coefficient (Wildman–Crippen LogP) is 5.37. The molecule has 4 rings (SSSR count). The van der Waals surface area contributed by atoms with Gasteiger partial charge in [0, 0.05) is 67.7 Å². The summed E-state index contributed by atoms with van der Waals surface area (Å²) in [6, 6.07) is 18.1. The predicted molar refractivity (Wildman–Crippen MR) is 144 cm³/mol. The van der Waals surface area contributed by atoms with E-state index in [0.29, 0.717) is 26.9 Å². The molecule has 1 aliphatic rings. The van der Waals surface area contributed by atoms with Gasteiger partial charge in [-0.25, -0.2) is 0 Å². The summed E-state index contributed by atoms with van der Waals surface area (Å²) in [6.07, 6.45) is 0. The molecule has 1 fully saturated rings. The SMILES string of the molecule is CN1CCN(c2cc(C(=O)Nc3ccc(-c4ccc(C(=O)N(C)C)cc4Cl)cc3)ccc2Cl)CC1. The fourth-order valence-corrected chi connectivity index (χ4v) is 4.55. The van der Waals surface area contributed by atoms with Gasteiger partial charge in [0.25, 0.3) is 11.8 Å². The summed E-state index contributed by atoms with van der Waals surface area (Å²) in [5, 5.41) is 4.09. The number of carbonyl (C=O) groups excluding carboxylic acids is 2. The first-order chi connectivity index (χ1) is 16.7. The van der Waals surface area contributed by atoms with Crippen molar-refractivity contribution in [3.63, 3.8) is 0 Å². The van der Waals surface area contributed by atoms with Gasteiger partial charge in [0.15, 0.2) is 0 Å². The second-order valence-electron chi connectivity index (χ2n) is 8.88. The first kappa shape index (κ1) is 25.0. The van der Waals surface area contributed by atoms with Crippen LogP contribution in [0.3, 0.4) is 0 Å². The van der Waals surface area contributed by atoms with E-state index in [1.54, 1.807) is 38.4 Å². The van der Waals surface area contributed by atoms with Crippen molar-refractivity contribution >= 4 is 46.4 Å². The molecule has 182 valence electrons. The van der Waals surface area contributed by atoms with Crippen LogP contribution in [-0.2, 0) is 0 Å². The summed E-state index contributed by atoms with van der Waals surface area (Å²) >= 11 is 12.9. The highest BCUT2D eigenvalue weighted by molar-refractivity contribution is 6.34. The normalized spacial score (nSPS) is 14.0. The minimum absolute atomic E-state index is 0.102. The van der Waals surface area contributed by atoms with Crippen molar-refractivity contribution in [2.75, 3.05) is 57.5 Å². The van der Waals surface area contributed by atoms with E-state index in [4.69, 9.17) is 23.2 Å². The van der Waals surface area contributed by atoms with Gasteiger partial charge in [0.2, 0.25) is 0 Å². The largest absolute Gasteiger partial charge is 0.368 e. The second-order valence-corrected chi connectivity index (χ2v) is 9.70. The number of piperazine rings is 1. The van der Waals surface area contributed by atoms with Crippen LogP contribution in [0.1, 0.15) is 20.7 Å². The number of rotatable bonds is 5. The summed E-state index contributed by atoms with van der Waals surface area (Å²) in [6.45, 7) is 3.65. The van der Waals surface area contributed by atoms with Crippen LogP contribution in [-0.4, -0.2) is 68.9 Å². The Labute approximate surface area is 216 Å². The fraction of sp³-hybridized carbons (Fsp3) is 0.259. The minimum atomic E-state index is -0.200. The summed E-state index contributed by atoms with van der Waals surface area (Å²) in [5.74, 6) is -0.302. The van der Waals surface area contributed by atoms with Crippen LogP contribution >= 0.6 is 23.2 Å². The van der Waals surface area contributed by atoms with Gasteiger partial charge < -0.3 is 20.0 Å². The Morgan fingerprint density at radius 3 is 2.11 bits per heavy atom.